The van der Waals surface area contributed by atoms with E-state index in [9.17, 15) is 14.9 Å². The number of nitro benzene ring substituents is 1. The average Bonchev–Trinajstić information content (AvgIpc) is 3.20. The summed E-state index contributed by atoms with van der Waals surface area (Å²) in [6.07, 6.45) is 4.22. The summed E-state index contributed by atoms with van der Waals surface area (Å²) in [4.78, 5) is 27.4. The summed E-state index contributed by atoms with van der Waals surface area (Å²) in [7, 11) is 0. The van der Waals surface area contributed by atoms with Crippen LogP contribution < -0.4 is 5.32 Å². The number of nitrogens with zero attached hydrogens (tertiary/aromatic N) is 3. The van der Waals surface area contributed by atoms with Crippen molar-refractivity contribution in [2.24, 2.45) is 5.92 Å². The predicted molar refractivity (Wildman–Crippen MR) is 110 cm³/mol. The maximum absolute atomic E-state index is 12.8. The number of non-ortho nitro benzene ring substituents is 1. The average molecular weight is 419 g/mol. The molecule has 0 atom stereocenters. The number of amides is 1. The highest BCUT2D eigenvalue weighted by atomic mass is 35.5. The molecule has 2 heterocycles. The van der Waals surface area contributed by atoms with E-state index in [4.69, 9.17) is 11.6 Å². The molecule has 9 heteroatoms. The van der Waals surface area contributed by atoms with Gasteiger partial charge in [-0.05, 0) is 29.5 Å². The molecule has 28 heavy (non-hydrogen) atoms. The van der Waals surface area contributed by atoms with Crippen molar-refractivity contribution < 1.29 is 9.72 Å². The number of anilines is 1. The van der Waals surface area contributed by atoms with Gasteiger partial charge in [0.05, 0.1) is 11.1 Å². The highest BCUT2D eigenvalue weighted by Crippen LogP contribution is 2.24. The highest BCUT2D eigenvalue weighted by molar-refractivity contribution is 7.19. The Bertz CT molecular complexity index is 1010. The number of halogens is 1. The zero-order valence-corrected chi connectivity index (χ0v) is 17.0. The molecule has 0 fully saturated rings. The fraction of sp³-hybridized carbons (Fsp3) is 0.263. The number of nitrogens with one attached hydrogen (secondary N) is 1. The van der Waals surface area contributed by atoms with Crippen LogP contribution in [0.15, 0.2) is 42.7 Å². The van der Waals surface area contributed by atoms with Crippen LogP contribution in [0.4, 0.5) is 10.8 Å². The largest absolute Gasteiger partial charge is 0.339 e. The third kappa shape index (κ3) is 4.96. The Morgan fingerprint density at radius 1 is 1.36 bits per heavy atom. The second kappa shape index (κ2) is 8.53. The zero-order valence-electron chi connectivity index (χ0n) is 15.4. The molecule has 2 aromatic heterocycles. The highest BCUT2D eigenvalue weighted by Gasteiger charge is 2.17. The Hall–Kier alpha value is -2.71. The van der Waals surface area contributed by atoms with Gasteiger partial charge in [-0.1, -0.05) is 48.9 Å². The van der Waals surface area contributed by atoms with E-state index in [2.05, 4.69) is 24.1 Å². The molecule has 1 amide bonds. The molecule has 3 rings (SSSR count). The van der Waals surface area contributed by atoms with Gasteiger partial charge in [-0.2, -0.15) is 0 Å². The number of nitro groups is 1. The van der Waals surface area contributed by atoms with E-state index in [1.807, 2.05) is 12.3 Å². The van der Waals surface area contributed by atoms with Crippen LogP contribution in [0.1, 0.15) is 35.5 Å². The number of hydrogen-bond donors (Lipinski definition) is 1. The molecule has 1 N–H and O–H groups in total. The van der Waals surface area contributed by atoms with Gasteiger partial charge < -0.3 is 4.57 Å². The lowest BCUT2D eigenvalue weighted by Gasteiger charge is -2.09. The van der Waals surface area contributed by atoms with E-state index in [-0.39, 0.29) is 11.6 Å². The summed E-state index contributed by atoms with van der Waals surface area (Å²) in [5.74, 6) is 0.133. The van der Waals surface area contributed by atoms with Crippen molar-refractivity contribution in [3.8, 4) is 0 Å². The Kier molecular flexibility index (Phi) is 6.11. The van der Waals surface area contributed by atoms with Crippen LogP contribution in [0.25, 0.3) is 0 Å². The SMILES string of the molecule is CC(C)Cc1cc(C(=O)Nc2ncc(Cl)s2)n(Cc2cccc([N+](=O)[O-])c2)c1. The van der Waals surface area contributed by atoms with Crippen molar-refractivity contribution in [1.29, 1.82) is 0 Å². The summed E-state index contributed by atoms with van der Waals surface area (Å²) in [5.41, 5.74) is 2.26. The van der Waals surface area contributed by atoms with E-state index in [1.54, 1.807) is 16.7 Å². The van der Waals surface area contributed by atoms with E-state index in [0.717, 1.165) is 17.5 Å². The lowest BCUT2D eigenvalue weighted by atomic mass is 10.1. The first-order valence-corrected chi connectivity index (χ1v) is 9.86. The first kappa shape index (κ1) is 20.0. The molecular formula is C19H19ClN4O3S. The summed E-state index contributed by atoms with van der Waals surface area (Å²) < 4.78 is 2.30. The Morgan fingerprint density at radius 3 is 2.79 bits per heavy atom. The Morgan fingerprint density at radius 2 is 2.14 bits per heavy atom. The van der Waals surface area contributed by atoms with E-state index >= 15 is 0 Å². The van der Waals surface area contributed by atoms with E-state index in [0.29, 0.717) is 27.6 Å². The van der Waals surface area contributed by atoms with Gasteiger partial charge in [-0.3, -0.25) is 20.2 Å². The second-order valence-electron chi connectivity index (χ2n) is 6.81. The number of hydrogen-bond acceptors (Lipinski definition) is 5. The predicted octanol–water partition coefficient (Wildman–Crippen LogP) is 5.01. The molecule has 0 bridgehead atoms. The Labute approximate surface area is 171 Å². The summed E-state index contributed by atoms with van der Waals surface area (Å²) in [5, 5.41) is 14.2. The fourth-order valence-corrected chi connectivity index (χ4v) is 3.72. The molecule has 7 nitrogen and oxygen atoms in total. The summed E-state index contributed by atoms with van der Waals surface area (Å²) in [6, 6.07) is 8.26. The minimum Gasteiger partial charge on any atom is -0.339 e. The summed E-state index contributed by atoms with van der Waals surface area (Å²) >= 11 is 7.06. The van der Waals surface area contributed by atoms with Crippen LogP contribution >= 0.6 is 22.9 Å². The monoisotopic (exact) mass is 418 g/mol. The number of benzene rings is 1. The maximum atomic E-state index is 12.8. The van der Waals surface area contributed by atoms with Crippen molar-refractivity contribution in [2.75, 3.05) is 5.32 Å². The third-order valence-electron chi connectivity index (χ3n) is 4.00. The quantitative estimate of drug-likeness (QED) is 0.431. The van der Waals surface area contributed by atoms with Gasteiger partial charge >= 0.3 is 0 Å². The van der Waals surface area contributed by atoms with Gasteiger partial charge in [-0.15, -0.1) is 0 Å². The van der Waals surface area contributed by atoms with E-state index in [1.165, 1.54) is 29.7 Å². The molecule has 0 aliphatic heterocycles. The molecule has 0 saturated carbocycles. The van der Waals surface area contributed by atoms with Gasteiger partial charge in [0.1, 0.15) is 10.0 Å². The number of carbonyl (C=O) groups excluding carboxylic acids is 1. The molecule has 0 spiro atoms. The first-order valence-electron chi connectivity index (χ1n) is 8.67. The van der Waals surface area contributed by atoms with Crippen LogP contribution in [0.5, 0.6) is 0 Å². The van der Waals surface area contributed by atoms with Gasteiger partial charge in [0.15, 0.2) is 5.13 Å². The van der Waals surface area contributed by atoms with Gasteiger partial charge in [0.2, 0.25) is 0 Å². The lowest BCUT2D eigenvalue weighted by molar-refractivity contribution is -0.384. The maximum Gasteiger partial charge on any atom is 0.274 e. The molecule has 0 aliphatic rings. The topological polar surface area (TPSA) is 90.1 Å². The van der Waals surface area contributed by atoms with Gasteiger partial charge in [-0.25, -0.2) is 4.98 Å². The Balaban J connectivity index is 1.90. The number of rotatable bonds is 7. The second-order valence-corrected chi connectivity index (χ2v) is 8.47. The van der Waals surface area contributed by atoms with E-state index < -0.39 is 4.92 Å². The first-order chi connectivity index (χ1) is 13.3. The number of thiazole rings is 1. The number of aromatic nitrogens is 2. The molecule has 1 aromatic carbocycles. The van der Waals surface area contributed by atoms with Crippen molar-refractivity contribution in [1.82, 2.24) is 9.55 Å². The molecule has 0 unspecified atom stereocenters. The summed E-state index contributed by atoms with van der Waals surface area (Å²) in [6.45, 7) is 4.56. The standard InChI is InChI=1S/C19H19ClN4O3S/c1-12(2)6-14-8-16(18(25)22-19-21-9-17(20)28-19)23(11-14)10-13-4-3-5-15(7-13)24(26)27/h3-5,7-9,11-12H,6,10H2,1-2H3,(H,21,22,25). The molecular weight excluding hydrogens is 400 g/mol. The van der Waals surface area contributed by atoms with Crippen LogP contribution in [0, 0.1) is 16.0 Å². The van der Waals surface area contributed by atoms with Crippen molar-refractivity contribution >= 4 is 39.7 Å². The van der Waals surface area contributed by atoms with Crippen LogP contribution in [0.2, 0.25) is 4.34 Å². The van der Waals surface area contributed by atoms with Crippen LogP contribution in [-0.4, -0.2) is 20.4 Å². The normalized spacial score (nSPS) is 11.0. The lowest BCUT2D eigenvalue weighted by Crippen LogP contribution is -2.17. The van der Waals surface area contributed by atoms with Crippen molar-refractivity contribution in [2.45, 2.75) is 26.8 Å². The molecule has 0 radical (unpaired) electrons. The minimum atomic E-state index is -0.427. The van der Waals surface area contributed by atoms with Gasteiger partial charge in [0.25, 0.3) is 11.6 Å². The smallest absolute Gasteiger partial charge is 0.274 e. The molecule has 0 saturated heterocycles. The third-order valence-corrected chi connectivity index (χ3v) is 5.03. The fourth-order valence-electron chi connectivity index (χ4n) is 2.91. The molecule has 146 valence electrons. The minimum absolute atomic E-state index is 0.0236. The molecule has 3 aromatic rings. The zero-order chi connectivity index (χ0) is 20.3. The van der Waals surface area contributed by atoms with Crippen molar-refractivity contribution in [3.05, 3.63) is 74.0 Å². The van der Waals surface area contributed by atoms with Crippen molar-refractivity contribution in [3.63, 3.8) is 0 Å². The van der Waals surface area contributed by atoms with Gasteiger partial charge in [0, 0.05) is 24.9 Å². The molecule has 0 aliphatic carbocycles. The number of carbonyl (C=O) groups is 1. The van der Waals surface area contributed by atoms with Crippen LogP contribution in [0.3, 0.4) is 0 Å². The van der Waals surface area contributed by atoms with Crippen LogP contribution in [-0.2, 0) is 13.0 Å².